The maximum atomic E-state index is 13.6. The zero-order chi connectivity index (χ0) is 15.6. The maximum absolute atomic E-state index is 13.6. The van der Waals surface area contributed by atoms with Crippen LogP contribution >= 0.6 is 11.6 Å². The molecular weight excluding hydrogens is 298 g/mol. The van der Waals surface area contributed by atoms with Crippen molar-refractivity contribution in [2.45, 2.75) is 6.54 Å². The largest absolute Gasteiger partial charge is 0.399 e. The number of hydrogen-bond acceptors (Lipinski definition) is 2. The Hall–Kier alpha value is -2.14. The Morgan fingerprint density at radius 1 is 1.24 bits per heavy atom. The number of carbonyl (C=O) groups excluding carboxylic acids is 1. The van der Waals surface area contributed by atoms with Crippen molar-refractivity contribution in [3.8, 4) is 0 Å². The Morgan fingerprint density at radius 2 is 1.95 bits per heavy atom. The Morgan fingerprint density at radius 3 is 2.57 bits per heavy atom. The van der Waals surface area contributed by atoms with Crippen LogP contribution in [0.3, 0.4) is 0 Å². The standard InChI is InChI=1S/C15H13ClF2N2O/c1-20(8-9-2-3-10(17)6-14(9)18)15(21)12-5-4-11(19)7-13(12)16/h2-7H,8,19H2,1H3. The molecule has 1 amide bonds. The smallest absolute Gasteiger partial charge is 0.255 e. The minimum absolute atomic E-state index is 0.00561. The molecule has 3 nitrogen and oxygen atoms in total. The van der Waals surface area contributed by atoms with Crippen LogP contribution in [0, 0.1) is 11.6 Å². The highest BCUT2D eigenvalue weighted by Gasteiger charge is 2.17. The molecule has 0 aliphatic heterocycles. The predicted octanol–water partition coefficient (Wildman–Crippen LogP) is 3.47. The first-order valence-electron chi connectivity index (χ1n) is 6.13. The van der Waals surface area contributed by atoms with E-state index in [9.17, 15) is 13.6 Å². The van der Waals surface area contributed by atoms with E-state index in [0.717, 1.165) is 12.1 Å². The van der Waals surface area contributed by atoms with Crippen molar-refractivity contribution in [2.75, 3.05) is 12.8 Å². The van der Waals surface area contributed by atoms with E-state index in [1.807, 2.05) is 0 Å². The van der Waals surface area contributed by atoms with Gasteiger partial charge in [0, 0.05) is 30.9 Å². The predicted molar refractivity (Wildman–Crippen MR) is 78.0 cm³/mol. The van der Waals surface area contributed by atoms with E-state index < -0.39 is 11.6 Å². The van der Waals surface area contributed by atoms with E-state index in [4.69, 9.17) is 17.3 Å². The first-order valence-corrected chi connectivity index (χ1v) is 6.50. The van der Waals surface area contributed by atoms with E-state index in [0.29, 0.717) is 5.69 Å². The molecule has 0 heterocycles. The van der Waals surface area contributed by atoms with Gasteiger partial charge in [-0.3, -0.25) is 4.79 Å². The molecule has 0 radical (unpaired) electrons. The molecule has 0 saturated heterocycles. The second kappa shape index (κ2) is 6.10. The van der Waals surface area contributed by atoms with Crippen molar-refractivity contribution in [1.29, 1.82) is 0 Å². The summed E-state index contributed by atoms with van der Waals surface area (Å²) in [6.45, 7) is 0.00561. The van der Waals surface area contributed by atoms with Crippen LogP contribution in [0.25, 0.3) is 0 Å². The molecule has 0 aliphatic rings. The van der Waals surface area contributed by atoms with Crippen LogP contribution < -0.4 is 5.73 Å². The fourth-order valence-electron chi connectivity index (χ4n) is 1.89. The molecule has 2 rings (SSSR count). The van der Waals surface area contributed by atoms with Crippen molar-refractivity contribution < 1.29 is 13.6 Å². The first-order chi connectivity index (χ1) is 9.88. The molecule has 2 aromatic carbocycles. The average Bonchev–Trinajstić information content (AvgIpc) is 2.41. The summed E-state index contributed by atoms with van der Waals surface area (Å²) < 4.78 is 26.4. The number of carbonyl (C=O) groups is 1. The molecule has 0 aromatic heterocycles. The summed E-state index contributed by atoms with van der Waals surface area (Å²) in [5.74, 6) is -1.73. The summed E-state index contributed by atoms with van der Waals surface area (Å²) in [6, 6.07) is 7.78. The first kappa shape index (κ1) is 15.3. The van der Waals surface area contributed by atoms with Crippen LogP contribution in [0.2, 0.25) is 5.02 Å². The van der Waals surface area contributed by atoms with Gasteiger partial charge in [0.15, 0.2) is 0 Å². The number of halogens is 3. The molecule has 0 bridgehead atoms. The van der Waals surface area contributed by atoms with Crippen LogP contribution in [0.4, 0.5) is 14.5 Å². The lowest BCUT2D eigenvalue weighted by atomic mass is 10.1. The van der Waals surface area contributed by atoms with E-state index in [2.05, 4.69) is 0 Å². The molecule has 0 fully saturated rings. The molecule has 0 atom stereocenters. The molecule has 0 saturated carbocycles. The summed E-state index contributed by atoms with van der Waals surface area (Å²) in [5.41, 5.74) is 6.51. The van der Waals surface area contributed by atoms with Gasteiger partial charge in [0.1, 0.15) is 11.6 Å². The highest BCUT2D eigenvalue weighted by Crippen LogP contribution is 2.21. The van der Waals surface area contributed by atoms with Gasteiger partial charge in [-0.25, -0.2) is 8.78 Å². The second-order valence-corrected chi connectivity index (χ2v) is 5.04. The van der Waals surface area contributed by atoms with Gasteiger partial charge in [0.2, 0.25) is 0 Å². The topological polar surface area (TPSA) is 46.3 Å². The van der Waals surface area contributed by atoms with Gasteiger partial charge in [-0.2, -0.15) is 0 Å². The number of nitrogens with zero attached hydrogens (tertiary/aromatic N) is 1. The zero-order valence-corrected chi connectivity index (χ0v) is 12.0. The number of hydrogen-bond donors (Lipinski definition) is 1. The van der Waals surface area contributed by atoms with E-state index >= 15 is 0 Å². The SMILES string of the molecule is CN(Cc1ccc(F)cc1F)C(=O)c1ccc(N)cc1Cl. The van der Waals surface area contributed by atoms with Gasteiger partial charge in [-0.15, -0.1) is 0 Å². The van der Waals surface area contributed by atoms with Crippen molar-refractivity contribution in [3.63, 3.8) is 0 Å². The van der Waals surface area contributed by atoms with Crippen LogP contribution in [-0.4, -0.2) is 17.9 Å². The minimum atomic E-state index is -0.696. The van der Waals surface area contributed by atoms with Crippen LogP contribution in [0.1, 0.15) is 15.9 Å². The summed E-state index contributed by atoms with van der Waals surface area (Å²) in [7, 11) is 1.51. The highest BCUT2D eigenvalue weighted by molar-refractivity contribution is 6.34. The average molecular weight is 311 g/mol. The second-order valence-electron chi connectivity index (χ2n) is 4.64. The number of nitrogens with two attached hydrogens (primary N) is 1. The molecule has 6 heteroatoms. The summed E-state index contributed by atoms with van der Waals surface area (Å²) >= 11 is 5.97. The van der Waals surface area contributed by atoms with Crippen molar-refractivity contribution in [3.05, 3.63) is 64.2 Å². The molecule has 110 valence electrons. The van der Waals surface area contributed by atoms with E-state index in [1.165, 1.54) is 30.1 Å². The quantitative estimate of drug-likeness (QED) is 0.882. The maximum Gasteiger partial charge on any atom is 0.255 e. The van der Waals surface area contributed by atoms with E-state index in [1.54, 1.807) is 6.07 Å². The lowest BCUT2D eigenvalue weighted by Gasteiger charge is -2.18. The summed E-state index contributed by atoms with van der Waals surface area (Å²) in [5, 5.41) is 0.228. The van der Waals surface area contributed by atoms with Crippen LogP contribution in [-0.2, 0) is 6.54 Å². The number of amides is 1. The van der Waals surface area contributed by atoms with Crippen LogP contribution in [0.15, 0.2) is 36.4 Å². The Labute approximate surface area is 125 Å². The van der Waals surface area contributed by atoms with Gasteiger partial charge in [0.25, 0.3) is 5.91 Å². The van der Waals surface area contributed by atoms with Gasteiger partial charge in [-0.1, -0.05) is 17.7 Å². The third-order valence-corrected chi connectivity index (χ3v) is 3.31. The highest BCUT2D eigenvalue weighted by atomic mass is 35.5. The van der Waals surface area contributed by atoms with Crippen LogP contribution in [0.5, 0.6) is 0 Å². The van der Waals surface area contributed by atoms with Gasteiger partial charge >= 0.3 is 0 Å². The molecule has 0 aliphatic carbocycles. The summed E-state index contributed by atoms with van der Waals surface area (Å²) in [4.78, 5) is 13.6. The molecule has 0 unspecified atom stereocenters. The molecule has 0 spiro atoms. The van der Waals surface area contributed by atoms with Crippen molar-refractivity contribution in [1.82, 2.24) is 4.90 Å². The number of rotatable bonds is 3. The molecule has 21 heavy (non-hydrogen) atoms. The van der Waals surface area contributed by atoms with Gasteiger partial charge in [-0.05, 0) is 24.3 Å². The van der Waals surface area contributed by atoms with Crippen molar-refractivity contribution >= 4 is 23.2 Å². The van der Waals surface area contributed by atoms with Gasteiger partial charge < -0.3 is 10.6 Å². The Bertz CT molecular complexity index is 691. The number of benzene rings is 2. The lowest BCUT2D eigenvalue weighted by Crippen LogP contribution is -2.27. The Kier molecular flexibility index (Phi) is 4.43. The number of anilines is 1. The van der Waals surface area contributed by atoms with E-state index in [-0.39, 0.29) is 28.6 Å². The molecule has 2 aromatic rings. The fraction of sp³-hybridized carbons (Fsp3) is 0.133. The third kappa shape index (κ3) is 3.49. The zero-order valence-electron chi connectivity index (χ0n) is 11.2. The summed E-state index contributed by atoms with van der Waals surface area (Å²) in [6.07, 6.45) is 0. The van der Waals surface area contributed by atoms with Crippen molar-refractivity contribution in [2.24, 2.45) is 0 Å². The monoisotopic (exact) mass is 310 g/mol. The Balaban J connectivity index is 2.19. The molecule has 2 N–H and O–H groups in total. The molecular formula is C15H13ClF2N2O. The normalized spacial score (nSPS) is 10.5. The lowest BCUT2D eigenvalue weighted by molar-refractivity contribution is 0.0784. The van der Waals surface area contributed by atoms with Gasteiger partial charge in [0.05, 0.1) is 10.6 Å². The fourth-order valence-corrected chi connectivity index (χ4v) is 2.16. The third-order valence-electron chi connectivity index (χ3n) is 2.99. The minimum Gasteiger partial charge on any atom is -0.399 e. The number of nitrogen functional groups attached to an aromatic ring is 1.